The quantitative estimate of drug-likeness (QED) is 0.548. The molecule has 4 rings (SSSR count). The first-order valence-corrected chi connectivity index (χ1v) is 11.5. The van der Waals surface area contributed by atoms with Gasteiger partial charge in [-0.1, -0.05) is 62.2 Å². The van der Waals surface area contributed by atoms with E-state index in [0.717, 1.165) is 22.8 Å². The van der Waals surface area contributed by atoms with E-state index in [1.54, 1.807) is 7.11 Å². The van der Waals surface area contributed by atoms with Crippen LogP contribution in [0.1, 0.15) is 37.8 Å². The van der Waals surface area contributed by atoms with Gasteiger partial charge in [-0.05, 0) is 29.7 Å². The van der Waals surface area contributed by atoms with Crippen molar-refractivity contribution >= 4 is 0 Å². The monoisotopic (exact) mass is 449 g/mol. The molecule has 2 aromatic rings. The average Bonchev–Trinajstić information content (AvgIpc) is 3.32. The lowest BCUT2D eigenvalue weighted by Crippen LogP contribution is -2.53. The molecule has 0 amide bonds. The van der Waals surface area contributed by atoms with Crippen molar-refractivity contribution in [3.8, 4) is 18.1 Å². The van der Waals surface area contributed by atoms with E-state index in [1.165, 1.54) is 0 Å². The van der Waals surface area contributed by atoms with Gasteiger partial charge in [0.1, 0.15) is 17.5 Å². The van der Waals surface area contributed by atoms with E-state index >= 15 is 0 Å². The van der Waals surface area contributed by atoms with E-state index in [9.17, 15) is 5.11 Å². The fourth-order valence-corrected chi connectivity index (χ4v) is 5.40. The maximum Gasteiger partial charge on any atom is 0.147 e. The van der Waals surface area contributed by atoms with E-state index in [0.29, 0.717) is 26.1 Å². The molecule has 2 aromatic carbocycles. The average molecular weight is 450 g/mol. The highest BCUT2D eigenvalue weighted by atomic mass is 16.6. The largest absolute Gasteiger partial charge is 0.497 e. The second-order valence-electron chi connectivity index (χ2n) is 9.35. The Balaban J connectivity index is 1.53. The molecule has 0 unspecified atom stereocenters. The van der Waals surface area contributed by atoms with Crippen molar-refractivity contribution in [1.29, 1.82) is 0 Å². The van der Waals surface area contributed by atoms with Crippen LogP contribution in [0.25, 0.3) is 0 Å². The first-order chi connectivity index (χ1) is 15.9. The third-order valence-electron chi connectivity index (χ3n) is 7.00. The Bertz CT molecular complexity index is 949. The van der Waals surface area contributed by atoms with Crippen LogP contribution >= 0.6 is 0 Å². The van der Waals surface area contributed by atoms with Crippen LogP contribution in [0, 0.1) is 23.7 Å². The summed E-state index contributed by atoms with van der Waals surface area (Å²) in [4.78, 5) is 0. The normalized spacial score (nSPS) is 26.8. The minimum Gasteiger partial charge on any atom is -0.497 e. The van der Waals surface area contributed by atoms with Gasteiger partial charge < -0.3 is 24.1 Å². The molecule has 4 atom stereocenters. The van der Waals surface area contributed by atoms with E-state index in [-0.39, 0.29) is 24.2 Å². The van der Waals surface area contributed by atoms with Gasteiger partial charge in [0.25, 0.3) is 0 Å². The number of aliphatic hydroxyl groups excluding tert-OH is 1. The van der Waals surface area contributed by atoms with E-state index in [1.807, 2.05) is 42.5 Å². The molecule has 2 saturated heterocycles. The van der Waals surface area contributed by atoms with Gasteiger partial charge in [0.2, 0.25) is 0 Å². The van der Waals surface area contributed by atoms with Crippen molar-refractivity contribution in [2.45, 2.75) is 63.8 Å². The zero-order valence-corrected chi connectivity index (χ0v) is 19.6. The molecule has 0 saturated carbocycles. The Hall–Kier alpha value is -2.36. The van der Waals surface area contributed by atoms with Crippen molar-refractivity contribution in [1.82, 2.24) is 0 Å². The van der Waals surface area contributed by atoms with Crippen molar-refractivity contribution in [3.05, 3.63) is 71.6 Å². The van der Waals surface area contributed by atoms with Crippen LogP contribution in [-0.4, -0.2) is 42.7 Å². The number of hydrogen-bond donors (Lipinski definition) is 1. The van der Waals surface area contributed by atoms with E-state index in [2.05, 4.69) is 31.9 Å². The van der Waals surface area contributed by atoms with Gasteiger partial charge >= 0.3 is 0 Å². The van der Waals surface area contributed by atoms with Crippen LogP contribution in [0.4, 0.5) is 0 Å². The van der Waals surface area contributed by atoms with Gasteiger partial charge in [0, 0.05) is 24.4 Å². The summed E-state index contributed by atoms with van der Waals surface area (Å²) in [5.41, 5.74) is 1.05. The van der Waals surface area contributed by atoms with Gasteiger partial charge in [-0.2, -0.15) is 0 Å². The fraction of sp³-hybridized carbons (Fsp3) is 0.464. The summed E-state index contributed by atoms with van der Waals surface area (Å²) in [6.45, 7) is 5.22. The zero-order chi connectivity index (χ0) is 23.5. The Labute approximate surface area is 197 Å². The molecule has 5 nitrogen and oxygen atoms in total. The molecule has 2 aliphatic heterocycles. The first kappa shape index (κ1) is 23.8. The van der Waals surface area contributed by atoms with Gasteiger partial charge in [-0.25, -0.2) is 0 Å². The topological polar surface area (TPSA) is 57.2 Å². The fourth-order valence-electron chi connectivity index (χ4n) is 5.40. The maximum atomic E-state index is 9.82. The molecule has 1 N–H and O–H groups in total. The lowest BCUT2D eigenvalue weighted by molar-refractivity contribution is -0.0901. The highest BCUT2D eigenvalue weighted by molar-refractivity contribution is 5.35. The molecule has 5 heteroatoms. The molecule has 2 fully saturated rings. The van der Waals surface area contributed by atoms with Crippen molar-refractivity contribution < 1.29 is 24.1 Å². The molecule has 0 spiro atoms. The summed E-state index contributed by atoms with van der Waals surface area (Å²) in [5, 5.41) is 9.82. The van der Waals surface area contributed by atoms with Crippen LogP contribution in [0.5, 0.6) is 5.75 Å². The predicted molar refractivity (Wildman–Crippen MR) is 126 cm³/mol. The van der Waals surface area contributed by atoms with Crippen LogP contribution in [0.2, 0.25) is 0 Å². The summed E-state index contributed by atoms with van der Waals surface area (Å²) < 4.78 is 24.5. The molecule has 2 heterocycles. The Morgan fingerprint density at radius 1 is 1.09 bits per heavy atom. The Morgan fingerprint density at radius 3 is 2.42 bits per heavy atom. The predicted octanol–water partition coefficient (Wildman–Crippen LogP) is 4.32. The number of ether oxygens (including phenoxy) is 4. The molecule has 33 heavy (non-hydrogen) atoms. The summed E-state index contributed by atoms with van der Waals surface area (Å²) >= 11 is 0. The van der Waals surface area contributed by atoms with Crippen molar-refractivity contribution in [2.24, 2.45) is 5.41 Å². The van der Waals surface area contributed by atoms with Crippen molar-refractivity contribution in [2.75, 3.05) is 13.7 Å². The second kappa shape index (κ2) is 9.87. The smallest absolute Gasteiger partial charge is 0.147 e. The lowest BCUT2D eigenvalue weighted by Gasteiger charge is -2.44. The van der Waals surface area contributed by atoms with Gasteiger partial charge in [0.15, 0.2) is 0 Å². The third kappa shape index (κ3) is 4.54. The molecule has 2 aliphatic rings. The first-order valence-electron chi connectivity index (χ1n) is 11.5. The van der Waals surface area contributed by atoms with Gasteiger partial charge in [-0.15, -0.1) is 6.42 Å². The molecule has 175 valence electrons. The van der Waals surface area contributed by atoms with Crippen LogP contribution in [0.3, 0.4) is 0 Å². The van der Waals surface area contributed by atoms with Gasteiger partial charge in [0.05, 0.1) is 32.5 Å². The number of hydrogen-bond acceptors (Lipinski definition) is 5. The summed E-state index contributed by atoms with van der Waals surface area (Å²) in [6.07, 6.45) is 6.30. The number of aliphatic hydroxyl groups is 1. The zero-order valence-electron chi connectivity index (χ0n) is 19.6. The van der Waals surface area contributed by atoms with Crippen LogP contribution in [-0.2, 0) is 27.4 Å². The molecule has 0 aromatic heterocycles. The molecular weight excluding hydrogens is 416 g/mol. The van der Waals surface area contributed by atoms with Crippen LogP contribution < -0.4 is 4.74 Å². The summed E-state index contributed by atoms with van der Waals surface area (Å²) in [7, 11) is 1.64. The minimum atomic E-state index is -0.778. The van der Waals surface area contributed by atoms with E-state index < -0.39 is 11.7 Å². The molecule has 0 aliphatic carbocycles. The van der Waals surface area contributed by atoms with Crippen LogP contribution in [0.15, 0.2) is 54.6 Å². The molecular formula is C28H33O5. The lowest BCUT2D eigenvalue weighted by atomic mass is 9.60. The standard InChI is InChI=1S/C28H33O5/c1-5-25(32-19-21-11-13-22(30-4)14-12-21)28-17-23(31-18-20-9-7-6-8-10-20)26(33-28)27(2,3)24(28)15-16-29/h1,6-14,23,25-26,29H,15-19H2,2-4H3/t23-,25-,26-,28+/m0/s1. The minimum absolute atomic E-state index is 0.0436. The number of benzene rings is 2. The summed E-state index contributed by atoms with van der Waals surface area (Å²) in [5.74, 6) is 4.75. The highest BCUT2D eigenvalue weighted by Gasteiger charge is 2.70. The number of rotatable bonds is 10. The Kier molecular flexibility index (Phi) is 7.11. The maximum absolute atomic E-state index is 9.82. The Morgan fingerprint density at radius 2 is 1.79 bits per heavy atom. The summed E-state index contributed by atoms with van der Waals surface area (Å²) in [6, 6.07) is 17.9. The second-order valence-corrected chi connectivity index (χ2v) is 9.35. The number of terminal acetylenes is 1. The van der Waals surface area contributed by atoms with Crippen molar-refractivity contribution in [3.63, 3.8) is 0 Å². The number of methoxy groups -OCH3 is 1. The number of fused-ring (bicyclic) bond motifs is 2. The third-order valence-corrected chi connectivity index (χ3v) is 7.00. The van der Waals surface area contributed by atoms with Gasteiger partial charge in [-0.3, -0.25) is 0 Å². The molecule has 2 bridgehead atoms. The van der Waals surface area contributed by atoms with E-state index in [4.69, 9.17) is 25.4 Å². The SMILES string of the molecule is C#C[C@H](OCc1ccc(OC)cc1)[C@]12C[C@H](OCc3ccccc3)[C@H](O1)C(C)(C)[C]2CCO. The highest BCUT2D eigenvalue weighted by Crippen LogP contribution is 2.62. The molecule has 1 radical (unpaired) electrons.